The second kappa shape index (κ2) is 6.15. The maximum atomic E-state index is 12.5. The quantitative estimate of drug-likeness (QED) is 0.879. The van der Waals surface area contributed by atoms with Gasteiger partial charge in [0, 0.05) is 0 Å². The van der Waals surface area contributed by atoms with E-state index in [1.807, 2.05) is 24.3 Å². The molecule has 134 valence electrons. The molecule has 7 heteroatoms. The topological polar surface area (TPSA) is 91.3 Å². The summed E-state index contributed by atoms with van der Waals surface area (Å²) in [5.74, 6) is 0.495. The molecular formula is C18H24N4O3. The van der Waals surface area contributed by atoms with Crippen LogP contribution in [0.3, 0.4) is 0 Å². The number of aliphatic hydroxyl groups is 1. The summed E-state index contributed by atoms with van der Waals surface area (Å²) in [6.45, 7) is 8.54. The van der Waals surface area contributed by atoms with E-state index in [9.17, 15) is 9.90 Å². The zero-order chi connectivity index (χ0) is 18.2. The molecule has 7 nitrogen and oxygen atoms in total. The lowest BCUT2D eigenvalue weighted by molar-refractivity contribution is -0.164. The molecule has 2 N–H and O–H groups in total. The summed E-state index contributed by atoms with van der Waals surface area (Å²) in [5, 5.41) is 20.5. The van der Waals surface area contributed by atoms with Crippen LogP contribution in [-0.4, -0.2) is 50.5 Å². The Balaban J connectivity index is 1.57. The van der Waals surface area contributed by atoms with Crippen LogP contribution in [0.1, 0.15) is 39.0 Å². The number of ether oxygens (including phenoxy) is 1. The molecule has 1 saturated heterocycles. The van der Waals surface area contributed by atoms with Crippen LogP contribution in [0.5, 0.6) is 5.75 Å². The van der Waals surface area contributed by atoms with E-state index in [-0.39, 0.29) is 24.4 Å². The van der Waals surface area contributed by atoms with Crippen LogP contribution >= 0.6 is 0 Å². The minimum atomic E-state index is -1.13. The van der Waals surface area contributed by atoms with Crippen LogP contribution in [0.25, 0.3) is 0 Å². The molecule has 0 aliphatic carbocycles. The Morgan fingerprint density at radius 2 is 1.96 bits per heavy atom. The van der Waals surface area contributed by atoms with Gasteiger partial charge >= 0.3 is 0 Å². The Morgan fingerprint density at radius 3 is 2.48 bits per heavy atom. The van der Waals surface area contributed by atoms with Gasteiger partial charge < -0.3 is 14.7 Å². The Labute approximate surface area is 147 Å². The minimum absolute atomic E-state index is 0.0726. The van der Waals surface area contributed by atoms with E-state index in [0.717, 1.165) is 0 Å². The zero-order valence-electron chi connectivity index (χ0n) is 15.0. The van der Waals surface area contributed by atoms with Crippen molar-refractivity contribution in [1.29, 1.82) is 0 Å². The van der Waals surface area contributed by atoms with Crippen LogP contribution in [0, 0.1) is 0 Å². The Morgan fingerprint density at radius 1 is 1.32 bits per heavy atom. The predicted octanol–water partition coefficient (Wildman–Crippen LogP) is 1.60. The molecule has 1 aliphatic rings. The second-order valence-electron chi connectivity index (χ2n) is 7.62. The molecule has 1 aliphatic heterocycles. The lowest BCUT2D eigenvalue weighted by Crippen LogP contribution is -2.63. The van der Waals surface area contributed by atoms with Crippen LogP contribution in [-0.2, 0) is 15.8 Å². The van der Waals surface area contributed by atoms with Gasteiger partial charge in [0.25, 0.3) is 5.91 Å². The molecule has 1 aromatic carbocycles. The number of carbonyl (C=O) groups excluding carboxylic acids is 1. The van der Waals surface area contributed by atoms with Gasteiger partial charge in [-0.15, -0.1) is 0 Å². The van der Waals surface area contributed by atoms with Gasteiger partial charge in [0.2, 0.25) is 0 Å². The van der Waals surface area contributed by atoms with Crippen molar-refractivity contribution in [2.24, 2.45) is 0 Å². The van der Waals surface area contributed by atoms with Gasteiger partial charge in [0.15, 0.2) is 6.10 Å². The third-order valence-electron chi connectivity index (χ3n) is 4.49. The summed E-state index contributed by atoms with van der Waals surface area (Å²) in [6, 6.07) is 7.79. The van der Waals surface area contributed by atoms with Crippen molar-refractivity contribution >= 4 is 5.91 Å². The molecule has 1 atom stereocenters. The smallest absolute Gasteiger partial charge is 0.263 e. The lowest BCUT2D eigenvalue weighted by Gasteiger charge is -2.45. The Bertz CT molecular complexity index is 729. The molecule has 3 rings (SSSR count). The first-order valence-corrected chi connectivity index (χ1v) is 8.34. The third kappa shape index (κ3) is 3.51. The summed E-state index contributed by atoms with van der Waals surface area (Å²) in [5.41, 5.74) is 0.599. The van der Waals surface area contributed by atoms with Gasteiger partial charge in [-0.25, -0.2) is 0 Å². The molecule has 0 bridgehead atoms. The van der Waals surface area contributed by atoms with Gasteiger partial charge in [0.05, 0.1) is 19.3 Å². The molecular weight excluding hydrogens is 320 g/mol. The fourth-order valence-corrected chi connectivity index (χ4v) is 2.87. The van der Waals surface area contributed by atoms with Gasteiger partial charge in [-0.3, -0.25) is 4.79 Å². The van der Waals surface area contributed by atoms with Crippen LogP contribution in [0.2, 0.25) is 0 Å². The highest BCUT2D eigenvalue weighted by Crippen LogP contribution is 2.31. The summed E-state index contributed by atoms with van der Waals surface area (Å²) in [7, 11) is 0. The molecule has 1 fully saturated rings. The standard InChI is InChI=1S/C18H24N4O3/c1-12(25-14-7-5-13(6-8-14)17(2,3)4)16(23)22-10-18(24,11-22)15-9-19-21-20-15/h5-9,12,24H,10-11H2,1-4H3,(H,19,20,21). The highest BCUT2D eigenvalue weighted by molar-refractivity contribution is 5.82. The number of β-amino-alcohol motifs (C(OH)–C–C–N with tert-alkyl or cyclic N) is 1. The number of nitrogens with zero attached hydrogens (tertiary/aromatic N) is 3. The number of hydrogen-bond acceptors (Lipinski definition) is 5. The molecule has 0 saturated carbocycles. The number of benzene rings is 1. The van der Waals surface area contributed by atoms with E-state index < -0.39 is 11.7 Å². The summed E-state index contributed by atoms with van der Waals surface area (Å²) in [4.78, 5) is 14.0. The number of amides is 1. The maximum Gasteiger partial charge on any atom is 0.263 e. The van der Waals surface area contributed by atoms with E-state index in [1.165, 1.54) is 11.8 Å². The number of hydrogen-bond donors (Lipinski definition) is 2. The van der Waals surface area contributed by atoms with E-state index in [2.05, 4.69) is 36.2 Å². The predicted molar refractivity (Wildman–Crippen MR) is 92.1 cm³/mol. The van der Waals surface area contributed by atoms with Crippen LogP contribution < -0.4 is 4.74 Å². The first kappa shape index (κ1) is 17.4. The Hall–Kier alpha value is -2.41. The number of aromatic nitrogens is 3. The van der Waals surface area contributed by atoms with Gasteiger partial charge in [0.1, 0.15) is 17.0 Å². The number of carbonyl (C=O) groups is 1. The van der Waals surface area contributed by atoms with Crippen molar-refractivity contribution in [1.82, 2.24) is 20.3 Å². The van der Waals surface area contributed by atoms with Crippen LogP contribution in [0.4, 0.5) is 0 Å². The van der Waals surface area contributed by atoms with Crippen molar-refractivity contribution in [3.05, 3.63) is 41.7 Å². The zero-order valence-corrected chi connectivity index (χ0v) is 15.0. The lowest BCUT2D eigenvalue weighted by atomic mass is 9.87. The van der Waals surface area contributed by atoms with Crippen molar-refractivity contribution < 1.29 is 14.6 Å². The average molecular weight is 344 g/mol. The fraction of sp³-hybridized carbons (Fsp3) is 0.500. The molecule has 2 heterocycles. The largest absolute Gasteiger partial charge is 0.481 e. The minimum Gasteiger partial charge on any atom is -0.481 e. The molecule has 25 heavy (non-hydrogen) atoms. The highest BCUT2D eigenvalue weighted by Gasteiger charge is 2.48. The molecule has 1 unspecified atom stereocenters. The number of nitrogens with one attached hydrogen (secondary N) is 1. The number of rotatable bonds is 4. The number of likely N-dealkylation sites (tertiary alicyclic amines) is 1. The van der Waals surface area contributed by atoms with Crippen molar-refractivity contribution in [3.8, 4) is 5.75 Å². The SMILES string of the molecule is CC(Oc1ccc(C(C)(C)C)cc1)C(=O)N1CC(O)(c2cn[nH]n2)C1. The summed E-state index contributed by atoms with van der Waals surface area (Å²) in [6.07, 6.45) is 0.848. The average Bonchev–Trinajstić information content (AvgIpc) is 3.05. The fourth-order valence-electron chi connectivity index (χ4n) is 2.87. The van der Waals surface area contributed by atoms with Crippen LogP contribution in [0.15, 0.2) is 30.5 Å². The van der Waals surface area contributed by atoms with Gasteiger partial charge in [-0.05, 0) is 30.0 Å². The van der Waals surface area contributed by atoms with E-state index in [4.69, 9.17) is 4.74 Å². The van der Waals surface area contributed by atoms with E-state index in [1.54, 1.807) is 11.8 Å². The van der Waals surface area contributed by atoms with Gasteiger partial charge in [-0.2, -0.15) is 15.4 Å². The summed E-state index contributed by atoms with van der Waals surface area (Å²) >= 11 is 0. The first-order chi connectivity index (χ1) is 11.7. The summed E-state index contributed by atoms with van der Waals surface area (Å²) < 4.78 is 5.75. The number of aromatic amines is 1. The second-order valence-corrected chi connectivity index (χ2v) is 7.62. The molecule has 1 aromatic heterocycles. The monoisotopic (exact) mass is 344 g/mol. The molecule has 0 spiro atoms. The molecule has 1 amide bonds. The normalized spacial score (nSPS) is 17.7. The van der Waals surface area contributed by atoms with Crippen molar-refractivity contribution in [3.63, 3.8) is 0 Å². The maximum absolute atomic E-state index is 12.5. The highest BCUT2D eigenvalue weighted by atomic mass is 16.5. The van der Waals surface area contributed by atoms with E-state index >= 15 is 0 Å². The van der Waals surface area contributed by atoms with Crippen molar-refractivity contribution in [2.45, 2.75) is 44.8 Å². The van der Waals surface area contributed by atoms with E-state index in [0.29, 0.717) is 11.4 Å². The first-order valence-electron chi connectivity index (χ1n) is 8.34. The third-order valence-corrected chi connectivity index (χ3v) is 4.49. The molecule has 0 radical (unpaired) electrons. The van der Waals surface area contributed by atoms with Gasteiger partial charge in [-0.1, -0.05) is 32.9 Å². The number of H-pyrrole nitrogens is 1. The Kier molecular flexibility index (Phi) is 4.28. The van der Waals surface area contributed by atoms with Crippen molar-refractivity contribution in [2.75, 3.05) is 13.1 Å². The molecule has 2 aromatic rings.